The zero-order valence-corrected chi connectivity index (χ0v) is 7.99. The molecule has 0 spiro atoms. The predicted molar refractivity (Wildman–Crippen MR) is 49.1 cm³/mol. The number of methoxy groups -OCH3 is 1. The van der Waals surface area contributed by atoms with Crippen LogP contribution in [0.4, 0.5) is 0 Å². The van der Waals surface area contributed by atoms with Crippen molar-refractivity contribution in [3.8, 4) is 0 Å². The Morgan fingerprint density at radius 1 is 1.46 bits per heavy atom. The molecule has 3 nitrogen and oxygen atoms in total. The van der Waals surface area contributed by atoms with Crippen molar-refractivity contribution in [2.45, 2.75) is 12.5 Å². The Kier molecular flexibility index (Phi) is 2.12. The van der Waals surface area contributed by atoms with Crippen molar-refractivity contribution in [3.05, 3.63) is 12.2 Å². The maximum Gasteiger partial charge on any atom is 0.310 e. The number of ether oxygens (including phenoxy) is 1. The van der Waals surface area contributed by atoms with Gasteiger partial charge in [-0.15, -0.1) is 0 Å². The van der Waals surface area contributed by atoms with Gasteiger partial charge in [0.05, 0.1) is 13.0 Å². The van der Waals surface area contributed by atoms with Crippen LogP contribution in [0.1, 0.15) is 6.42 Å². The Balaban J connectivity index is 2.18. The number of hydrogen-bond donors (Lipinski definition) is 1. The Hall–Kier alpha value is -0.830. The number of esters is 1. The van der Waals surface area contributed by atoms with Gasteiger partial charge in [0.2, 0.25) is 0 Å². The molecule has 2 rings (SSSR count). The smallest absolute Gasteiger partial charge is 0.310 e. The van der Waals surface area contributed by atoms with Gasteiger partial charge in [-0.3, -0.25) is 4.79 Å². The van der Waals surface area contributed by atoms with Crippen molar-refractivity contribution in [2.24, 2.45) is 17.8 Å². The summed E-state index contributed by atoms with van der Waals surface area (Å²) in [6.45, 7) is 0. The van der Waals surface area contributed by atoms with Crippen molar-refractivity contribution < 1.29 is 9.53 Å². The van der Waals surface area contributed by atoms with Gasteiger partial charge < -0.3 is 10.1 Å². The third-order valence-corrected chi connectivity index (χ3v) is 3.27. The van der Waals surface area contributed by atoms with Crippen molar-refractivity contribution in [1.29, 1.82) is 0 Å². The van der Waals surface area contributed by atoms with Crippen LogP contribution in [-0.2, 0) is 9.53 Å². The Morgan fingerprint density at radius 2 is 2.15 bits per heavy atom. The van der Waals surface area contributed by atoms with E-state index in [2.05, 4.69) is 17.5 Å². The average Bonchev–Trinajstić information content (AvgIpc) is 2.74. The van der Waals surface area contributed by atoms with Crippen LogP contribution >= 0.6 is 0 Å². The number of fused-ring (bicyclic) bond motifs is 2. The van der Waals surface area contributed by atoms with E-state index < -0.39 is 0 Å². The van der Waals surface area contributed by atoms with Gasteiger partial charge in [0.25, 0.3) is 0 Å². The molecule has 72 valence electrons. The highest BCUT2D eigenvalue weighted by molar-refractivity contribution is 5.75. The first-order valence-electron chi connectivity index (χ1n) is 4.71. The molecule has 2 unspecified atom stereocenters. The second kappa shape index (κ2) is 3.14. The molecule has 0 amide bonds. The normalized spacial score (nSPS) is 41.1. The van der Waals surface area contributed by atoms with Crippen molar-refractivity contribution in [1.82, 2.24) is 5.32 Å². The van der Waals surface area contributed by atoms with Crippen molar-refractivity contribution in [3.63, 3.8) is 0 Å². The second-order valence-corrected chi connectivity index (χ2v) is 3.81. The molecule has 0 aliphatic heterocycles. The Labute approximate surface area is 78.1 Å². The summed E-state index contributed by atoms with van der Waals surface area (Å²) in [6, 6.07) is 0.280. The van der Waals surface area contributed by atoms with Crippen LogP contribution in [-0.4, -0.2) is 26.2 Å². The SMILES string of the molecule is CN[C@@H]1C2C=CC(C2)[C@@H]1C(=O)OC. The summed E-state index contributed by atoms with van der Waals surface area (Å²) in [5.74, 6) is 0.884. The molecule has 1 saturated carbocycles. The summed E-state index contributed by atoms with van der Waals surface area (Å²) in [7, 11) is 3.37. The van der Waals surface area contributed by atoms with Gasteiger partial charge in [-0.2, -0.15) is 0 Å². The van der Waals surface area contributed by atoms with Crippen molar-refractivity contribution in [2.75, 3.05) is 14.2 Å². The minimum Gasteiger partial charge on any atom is -0.469 e. The van der Waals surface area contributed by atoms with Gasteiger partial charge >= 0.3 is 5.97 Å². The number of hydrogen-bond acceptors (Lipinski definition) is 3. The zero-order chi connectivity index (χ0) is 9.42. The lowest BCUT2D eigenvalue weighted by Crippen LogP contribution is -2.41. The standard InChI is InChI=1S/C10H15NO2/c1-11-9-7-4-3-6(5-7)8(9)10(12)13-2/h3-4,6-9,11H,5H2,1-2H3/t6?,7?,8-,9+/m0/s1. The number of rotatable bonds is 2. The molecular weight excluding hydrogens is 166 g/mol. The minimum absolute atomic E-state index is 0.0324. The fourth-order valence-electron chi connectivity index (χ4n) is 2.67. The van der Waals surface area contributed by atoms with E-state index in [1.165, 1.54) is 7.11 Å². The Morgan fingerprint density at radius 3 is 2.77 bits per heavy atom. The molecule has 0 aromatic rings. The number of nitrogens with one attached hydrogen (secondary N) is 1. The number of allylic oxidation sites excluding steroid dienone is 1. The van der Waals surface area contributed by atoms with Crippen molar-refractivity contribution >= 4 is 5.97 Å². The van der Waals surface area contributed by atoms with E-state index in [0.717, 1.165) is 6.42 Å². The molecule has 1 fully saturated rings. The topological polar surface area (TPSA) is 38.3 Å². The first-order chi connectivity index (χ1) is 6.27. The van der Waals surface area contributed by atoms with Gasteiger partial charge in [0.15, 0.2) is 0 Å². The third-order valence-electron chi connectivity index (χ3n) is 3.27. The monoisotopic (exact) mass is 181 g/mol. The molecule has 3 heteroatoms. The van der Waals surface area contributed by atoms with Gasteiger partial charge in [-0.1, -0.05) is 12.2 Å². The summed E-state index contributed by atoms with van der Waals surface area (Å²) in [6.07, 6.45) is 5.47. The molecule has 1 N–H and O–H groups in total. The second-order valence-electron chi connectivity index (χ2n) is 3.81. The van der Waals surface area contributed by atoms with E-state index in [0.29, 0.717) is 11.8 Å². The molecule has 2 bridgehead atoms. The molecule has 0 radical (unpaired) electrons. The summed E-state index contributed by atoms with van der Waals surface area (Å²) in [4.78, 5) is 11.5. The number of carbonyl (C=O) groups is 1. The maximum absolute atomic E-state index is 11.5. The van der Waals surface area contributed by atoms with E-state index in [9.17, 15) is 4.79 Å². The van der Waals surface area contributed by atoms with E-state index >= 15 is 0 Å². The van der Waals surface area contributed by atoms with E-state index in [-0.39, 0.29) is 17.9 Å². The molecule has 0 saturated heterocycles. The molecular formula is C10H15NO2. The van der Waals surface area contributed by atoms with E-state index in [1.54, 1.807) is 0 Å². The summed E-state index contributed by atoms with van der Waals surface area (Å²) in [5, 5.41) is 3.21. The first-order valence-corrected chi connectivity index (χ1v) is 4.71. The maximum atomic E-state index is 11.5. The van der Waals surface area contributed by atoms with Crippen LogP contribution in [0.2, 0.25) is 0 Å². The molecule has 2 aliphatic carbocycles. The fraction of sp³-hybridized carbons (Fsp3) is 0.700. The summed E-state index contributed by atoms with van der Waals surface area (Å²) >= 11 is 0. The summed E-state index contributed by atoms with van der Waals surface area (Å²) < 4.78 is 4.81. The van der Waals surface area contributed by atoms with Gasteiger partial charge in [0.1, 0.15) is 0 Å². The minimum atomic E-state index is -0.0730. The van der Waals surface area contributed by atoms with Crippen LogP contribution in [0.3, 0.4) is 0 Å². The lowest BCUT2D eigenvalue weighted by Gasteiger charge is -2.25. The molecule has 13 heavy (non-hydrogen) atoms. The van der Waals surface area contributed by atoms with E-state index in [1.807, 2.05) is 7.05 Å². The largest absolute Gasteiger partial charge is 0.469 e. The first kappa shape index (κ1) is 8.75. The molecule has 0 aromatic carbocycles. The zero-order valence-electron chi connectivity index (χ0n) is 7.99. The molecule has 0 aromatic heterocycles. The van der Waals surface area contributed by atoms with E-state index in [4.69, 9.17) is 4.74 Å². The van der Waals surface area contributed by atoms with Crippen LogP contribution in [0.15, 0.2) is 12.2 Å². The average molecular weight is 181 g/mol. The predicted octanol–water partition coefficient (Wildman–Crippen LogP) is 0.569. The van der Waals surface area contributed by atoms with Gasteiger partial charge in [0, 0.05) is 6.04 Å². The lowest BCUT2D eigenvalue weighted by atomic mass is 9.89. The van der Waals surface area contributed by atoms with Crippen LogP contribution in [0, 0.1) is 17.8 Å². The van der Waals surface area contributed by atoms with Crippen LogP contribution in [0.25, 0.3) is 0 Å². The fourth-order valence-corrected chi connectivity index (χ4v) is 2.67. The molecule has 2 aliphatic rings. The van der Waals surface area contributed by atoms with Gasteiger partial charge in [-0.05, 0) is 25.3 Å². The highest BCUT2D eigenvalue weighted by Crippen LogP contribution is 2.43. The molecule has 4 atom stereocenters. The third kappa shape index (κ3) is 1.18. The highest BCUT2D eigenvalue weighted by atomic mass is 16.5. The summed E-state index contributed by atoms with van der Waals surface area (Å²) in [5.41, 5.74) is 0. The highest BCUT2D eigenvalue weighted by Gasteiger charge is 2.47. The van der Waals surface area contributed by atoms with Crippen LogP contribution in [0.5, 0.6) is 0 Å². The molecule has 0 heterocycles. The quantitative estimate of drug-likeness (QED) is 0.500. The number of carbonyl (C=O) groups excluding carboxylic acids is 1. The Bertz CT molecular complexity index is 249. The van der Waals surface area contributed by atoms with Gasteiger partial charge in [-0.25, -0.2) is 0 Å². The van der Waals surface area contributed by atoms with Crippen LogP contribution < -0.4 is 5.32 Å². The lowest BCUT2D eigenvalue weighted by molar-refractivity contribution is -0.147.